The normalized spacial score (nSPS) is 17.6. The lowest BCUT2D eigenvalue weighted by atomic mass is 9.93. The van der Waals surface area contributed by atoms with Gasteiger partial charge in [0, 0.05) is 39.1 Å². The first-order valence-corrected chi connectivity index (χ1v) is 16.0. The molecule has 0 saturated carbocycles. The van der Waals surface area contributed by atoms with Gasteiger partial charge in [0.25, 0.3) is 0 Å². The van der Waals surface area contributed by atoms with Gasteiger partial charge in [-0.05, 0) is 47.4 Å². The van der Waals surface area contributed by atoms with Gasteiger partial charge < -0.3 is 25.2 Å². The van der Waals surface area contributed by atoms with Crippen LogP contribution in [0.2, 0.25) is 0 Å². The third kappa shape index (κ3) is 7.03. The van der Waals surface area contributed by atoms with Crippen LogP contribution in [-0.2, 0) is 32.5 Å². The van der Waals surface area contributed by atoms with Gasteiger partial charge in [0.2, 0.25) is 21.8 Å². The first kappa shape index (κ1) is 29.4. The number of fused-ring (bicyclic) bond motifs is 1. The van der Waals surface area contributed by atoms with Crippen LogP contribution in [0.15, 0.2) is 72.8 Å². The monoisotopic (exact) mass is 591 g/mol. The third-order valence-electron chi connectivity index (χ3n) is 7.72. The molecule has 1 saturated heterocycles. The van der Waals surface area contributed by atoms with Crippen molar-refractivity contribution in [2.75, 3.05) is 55.7 Å². The van der Waals surface area contributed by atoms with E-state index in [0.717, 1.165) is 40.8 Å². The maximum absolute atomic E-state index is 13.9. The number of hydrogen-bond donors (Lipinski definition) is 3. The number of sulfonamides is 1. The Bertz CT molecular complexity index is 1520. The second-order valence-electron chi connectivity index (χ2n) is 10.7. The lowest BCUT2D eigenvalue weighted by Gasteiger charge is -2.38. The molecule has 0 bridgehead atoms. The van der Waals surface area contributed by atoms with Crippen LogP contribution in [0.5, 0.6) is 5.75 Å². The number of nitrogens with one attached hydrogen (secondary N) is 3. The zero-order valence-electron chi connectivity index (χ0n) is 23.9. The molecule has 2 amide bonds. The molecule has 3 aromatic carbocycles. The van der Waals surface area contributed by atoms with Crippen molar-refractivity contribution in [3.05, 3.63) is 89.5 Å². The molecule has 1 fully saturated rings. The van der Waals surface area contributed by atoms with E-state index in [1.54, 1.807) is 24.1 Å². The fourth-order valence-electron chi connectivity index (χ4n) is 5.61. The van der Waals surface area contributed by atoms with Crippen LogP contribution in [0.1, 0.15) is 22.7 Å². The quantitative estimate of drug-likeness (QED) is 0.350. The molecule has 1 unspecified atom stereocenters. The zero-order valence-corrected chi connectivity index (χ0v) is 24.7. The maximum atomic E-state index is 13.9. The van der Waals surface area contributed by atoms with E-state index in [-0.39, 0.29) is 11.8 Å². The van der Waals surface area contributed by atoms with Crippen molar-refractivity contribution < 1.29 is 22.7 Å². The Hall–Kier alpha value is -4.09. The van der Waals surface area contributed by atoms with Crippen molar-refractivity contribution in [1.29, 1.82) is 0 Å². The predicted octanol–water partition coefficient (Wildman–Crippen LogP) is 2.33. The summed E-state index contributed by atoms with van der Waals surface area (Å²) in [5.74, 6) is 0.342. The van der Waals surface area contributed by atoms with E-state index in [2.05, 4.69) is 20.3 Å². The molecule has 0 aliphatic carbocycles. The van der Waals surface area contributed by atoms with Crippen molar-refractivity contribution in [3.8, 4) is 5.75 Å². The van der Waals surface area contributed by atoms with Crippen molar-refractivity contribution >= 4 is 33.2 Å². The molecule has 0 aromatic heterocycles. The number of para-hydroxylation sites is 2. The van der Waals surface area contributed by atoms with Gasteiger partial charge >= 0.3 is 0 Å². The lowest BCUT2D eigenvalue weighted by molar-refractivity contribution is -0.137. The first-order valence-electron chi connectivity index (χ1n) is 14.1. The number of rotatable bonds is 9. The molecule has 0 radical (unpaired) electrons. The molecule has 0 spiro atoms. The van der Waals surface area contributed by atoms with Gasteiger partial charge in [-0.1, -0.05) is 48.5 Å². The highest BCUT2D eigenvalue weighted by atomic mass is 32.2. The van der Waals surface area contributed by atoms with Crippen LogP contribution in [-0.4, -0.2) is 77.3 Å². The van der Waals surface area contributed by atoms with E-state index in [0.29, 0.717) is 44.8 Å². The van der Waals surface area contributed by atoms with Gasteiger partial charge in [0.1, 0.15) is 17.8 Å². The van der Waals surface area contributed by atoms with E-state index in [1.807, 2.05) is 60.7 Å². The molecular weight excluding hydrogens is 554 g/mol. The van der Waals surface area contributed by atoms with E-state index in [1.165, 1.54) is 0 Å². The average Bonchev–Trinajstić information content (AvgIpc) is 3.00. The minimum atomic E-state index is -3.44. The lowest BCUT2D eigenvalue weighted by Crippen LogP contribution is -2.57. The largest absolute Gasteiger partial charge is 0.497 e. The van der Waals surface area contributed by atoms with Gasteiger partial charge in [-0.3, -0.25) is 14.3 Å². The smallest absolute Gasteiger partial charge is 0.245 e. The molecule has 2 atom stereocenters. The van der Waals surface area contributed by atoms with Crippen molar-refractivity contribution in [2.24, 2.45) is 0 Å². The summed E-state index contributed by atoms with van der Waals surface area (Å²) in [7, 11) is -1.84. The third-order valence-corrected chi connectivity index (χ3v) is 8.31. The highest BCUT2D eigenvalue weighted by molar-refractivity contribution is 7.92. The zero-order chi connectivity index (χ0) is 29.7. The first-order chi connectivity index (χ1) is 20.2. The Labute approximate surface area is 247 Å². The summed E-state index contributed by atoms with van der Waals surface area (Å²) in [4.78, 5) is 31.4. The fourth-order valence-corrected chi connectivity index (χ4v) is 6.19. The maximum Gasteiger partial charge on any atom is 0.245 e. The molecule has 3 aromatic rings. The van der Waals surface area contributed by atoms with Gasteiger partial charge in [-0.25, -0.2) is 8.42 Å². The highest BCUT2D eigenvalue weighted by Crippen LogP contribution is 2.28. The standard InChI is InChI=1S/C31H37N5O5S/c1-41-24-13-11-22(12-14-24)21-27(33-30(37)29-25-8-4-3-7-23(25)15-16-32-29)31(38)36-19-17-35(18-20-36)28-10-6-5-9-26(28)34-42(2,39)40/h3-14,27,29,32,34H,15-21H2,1-2H3,(H,33,37)/t27-,29?/m1/s1. The summed E-state index contributed by atoms with van der Waals surface area (Å²) in [6, 6.07) is 21.4. The molecule has 2 heterocycles. The molecule has 10 nitrogen and oxygen atoms in total. The summed E-state index contributed by atoms with van der Waals surface area (Å²) < 4.78 is 31.6. The number of anilines is 2. The number of ether oxygens (including phenoxy) is 1. The van der Waals surface area contributed by atoms with Crippen LogP contribution in [0, 0.1) is 0 Å². The molecule has 2 aliphatic rings. The van der Waals surface area contributed by atoms with Gasteiger partial charge in [0.15, 0.2) is 0 Å². The van der Waals surface area contributed by atoms with Crippen molar-refractivity contribution in [2.45, 2.75) is 24.9 Å². The van der Waals surface area contributed by atoms with Crippen LogP contribution in [0.4, 0.5) is 11.4 Å². The van der Waals surface area contributed by atoms with Crippen LogP contribution >= 0.6 is 0 Å². The molecule has 5 rings (SSSR count). The molecular formula is C31H37N5O5S. The Morgan fingerprint density at radius 1 is 0.976 bits per heavy atom. The van der Waals surface area contributed by atoms with E-state index in [9.17, 15) is 18.0 Å². The molecule has 222 valence electrons. The SMILES string of the molecule is COc1ccc(C[C@@H](NC(=O)C2NCCc3ccccc32)C(=O)N2CCN(c3ccccc3NS(C)(=O)=O)CC2)cc1. The summed E-state index contributed by atoms with van der Waals surface area (Å²) in [6.45, 7) is 2.60. The number of carbonyl (C=O) groups excluding carboxylic acids is 2. The highest BCUT2D eigenvalue weighted by Gasteiger charge is 2.33. The fraction of sp³-hybridized carbons (Fsp3) is 0.355. The number of carbonyl (C=O) groups is 2. The molecule has 42 heavy (non-hydrogen) atoms. The van der Waals surface area contributed by atoms with Crippen molar-refractivity contribution in [1.82, 2.24) is 15.5 Å². The second-order valence-corrected chi connectivity index (χ2v) is 12.4. The topological polar surface area (TPSA) is 120 Å². The van der Waals surface area contributed by atoms with Crippen LogP contribution < -0.4 is 25.0 Å². The van der Waals surface area contributed by atoms with Gasteiger partial charge in [-0.15, -0.1) is 0 Å². The summed E-state index contributed by atoms with van der Waals surface area (Å²) in [5.41, 5.74) is 4.25. The van der Waals surface area contributed by atoms with Gasteiger partial charge in [0.05, 0.1) is 24.7 Å². The van der Waals surface area contributed by atoms with Crippen LogP contribution in [0.3, 0.4) is 0 Å². The minimum Gasteiger partial charge on any atom is -0.497 e. The number of hydrogen-bond acceptors (Lipinski definition) is 7. The number of nitrogens with zero attached hydrogens (tertiary/aromatic N) is 2. The van der Waals surface area contributed by atoms with Gasteiger partial charge in [-0.2, -0.15) is 0 Å². The van der Waals surface area contributed by atoms with Crippen molar-refractivity contribution in [3.63, 3.8) is 0 Å². The number of amides is 2. The van der Waals surface area contributed by atoms with Crippen LogP contribution in [0.25, 0.3) is 0 Å². The molecule has 2 aliphatic heterocycles. The Balaban J connectivity index is 1.32. The molecule has 11 heteroatoms. The number of benzene rings is 3. The Morgan fingerprint density at radius 2 is 1.67 bits per heavy atom. The molecule has 3 N–H and O–H groups in total. The number of piperazine rings is 1. The van der Waals surface area contributed by atoms with E-state index in [4.69, 9.17) is 4.74 Å². The summed E-state index contributed by atoms with van der Waals surface area (Å²) in [6.07, 6.45) is 2.31. The Kier molecular flexibility index (Phi) is 8.98. The number of methoxy groups -OCH3 is 1. The second kappa shape index (κ2) is 12.8. The van der Waals surface area contributed by atoms with E-state index >= 15 is 0 Å². The minimum absolute atomic E-state index is 0.148. The summed E-state index contributed by atoms with van der Waals surface area (Å²) >= 11 is 0. The van der Waals surface area contributed by atoms with E-state index < -0.39 is 22.1 Å². The predicted molar refractivity (Wildman–Crippen MR) is 163 cm³/mol. The average molecular weight is 592 g/mol. The Morgan fingerprint density at radius 3 is 2.38 bits per heavy atom. The summed E-state index contributed by atoms with van der Waals surface area (Å²) in [5, 5.41) is 6.38.